The van der Waals surface area contributed by atoms with Gasteiger partial charge in [0.1, 0.15) is 17.3 Å². The van der Waals surface area contributed by atoms with Gasteiger partial charge in [-0.15, -0.1) is 0 Å². The SMILES string of the molecule is Cc1cc([C@@H]2CCCN2Cc2ccc(C#N)cc2F)no1. The molecule has 0 bridgehead atoms. The summed E-state index contributed by atoms with van der Waals surface area (Å²) in [7, 11) is 0. The fourth-order valence-corrected chi connectivity index (χ4v) is 2.86. The zero-order valence-electron chi connectivity index (χ0n) is 11.8. The van der Waals surface area contributed by atoms with Gasteiger partial charge in [0.15, 0.2) is 0 Å². The molecule has 1 aromatic heterocycles. The van der Waals surface area contributed by atoms with E-state index in [1.54, 1.807) is 12.1 Å². The summed E-state index contributed by atoms with van der Waals surface area (Å²) in [6.07, 6.45) is 2.07. The first-order chi connectivity index (χ1) is 10.2. The van der Waals surface area contributed by atoms with E-state index in [-0.39, 0.29) is 11.9 Å². The molecule has 0 radical (unpaired) electrons. The molecule has 0 N–H and O–H groups in total. The van der Waals surface area contributed by atoms with Crippen molar-refractivity contribution in [2.24, 2.45) is 0 Å². The largest absolute Gasteiger partial charge is 0.361 e. The number of likely N-dealkylation sites (tertiary alicyclic amines) is 1. The Morgan fingerprint density at radius 1 is 1.48 bits per heavy atom. The number of aromatic nitrogens is 1. The molecule has 1 fully saturated rings. The molecule has 1 saturated heterocycles. The lowest BCUT2D eigenvalue weighted by atomic mass is 10.1. The van der Waals surface area contributed by atoms with E-state index in [2.05, 4.69) is 10.1 Å². The van der Waals surface area contributed by atoms with Gasteiger partial charge >= 0.3 is 0 Å². The van der Waals surface area contributed by atoms with E-state index in [0.29, 0.717) is 17.7 Å². The molecule has 21 heavy (non-hydrogen) atoms. The van der Waals surface area contributed by atoms with Crippen LogP contribution in [0.25, 0.3) is 0 Å². The minimum absolute atomic E-state index is 0.178. The number of nitrogens with zero attached hydrogens (tertiary/aromatic N) is 3. The van der Waals surface area contributed by atoms with Crippen LogP contribution in [0.4, 0.5) is 4.39 Å². The summed E-state index contributed by atoms with van der Waals surface area (Å²) in [5, 5.41) is 12.9. The summed E-state index contributed by atoms with van der Waals surface area (Å²) < 4.78 is 19.2. The molecule has 1 aliphatic rings. The maximum atomic E-state index is 14.0. The Morgan fingerprint density at radius 3 is 3.00 bits per heavy atom. The summed E-state index contributed by atoms with van der Waals surface area (Å²) in [6, 6.07) is 8.71. The summed E-state index contributed by atoms with van der Waals surface area (Å²) in [6.45, 7) is 3.31. The Hall–Kier alpha value is -2.19. The summed E-state index contributed by atoms with van der Waals surface area (Å²) in [5.74, 6) is 0.470. The second kappa shape index (κ2) is 5.66. The van der Waals surface area contributed by atoms with Crippen molar-refractivity contribution in [3.63, 3.8) is 0 Å². The Kier molecular flexibility index (Phi) is 3.72. The molecule has 108 valence electrons. The van der Waals surface area contributed by atoms with Gasteiger partial charge in [-0.05, 0) is 38.4 Å². The Bertz CT molecular complexity index is 689. The van der Waals surface area contributed by atoms with Gasteiger partial charge in [-0.3, -0.25) is 4.90 Å². The number of aryl methyl sites for hydroxylation is 1. The van der Waals surface area contributed by atoms with Crippen molar-refractivity contribution < 1.29 is 8.91 Å². The fourth-order valence-electron chi connectivity index (χ4n) is 2.86. The normalized spacial score (nSPS) is 18.8. The molecule has 1 aromatic carbocycles. The number of hydrogen-bond donors (Lipinski definition) is 0. The molecule has 0 aliphatic carbocycles. The zero-order chi connectivity index (χ0) is 14.8. The number of rotatable bonds is 3. The number of benzene rings is 1. The third-order valence-electron chi connectivity index (χ3n) is 3.91. The summed E-state index contributed by atoms with van der Waals surface area (Å²) in [4.78, 5) is 2.21. The highest BCUT2D eigenvalue weighted by Gasteiger charge is 2.28. The number of halogens is 1. The van der Waals surface area contributed by atoms with E-state index in [1.807, 2.05) is 19.1 Å². The van der Waals surface area contributed by atoms with Crippen LogP contribution in [-0.4, -0.2) is 16.6 Å². The average molecular weight is 285 g/mol. The highest BCUT2D eigenvalue weighted by atomic mass is 19.1. The Morgan fingerprint density at radius 2 is 2.33 bits per heavy atom. The van der Waals surface area contributed by atoms with Gasteiger partial charge in [0.25, 0.3) is 0 Å². The molecule has 0 unspecified atom stereocenters. The van der Waals surface area contributed by atoms with Crippen LogP contribution < -0.4 is 0 Å². The maximum absolute atomic E-state index is 14.0. The van der Waals surface area contributed by atoms with Crippen LogP contribution in [0.5, 0.6) is 0 Å². The van der Waals surface area contributed by atoms with Crippen LogP contribution in [0.2, 0.25) is 0 Å². The zero-order valence-corrected chi connectivity index (χ0v) is 11.8. The van der Waals surface area contributed by atoms with E-state index < -0.39 is 0 Å². The molecule has 2 aromatic rings. The van der Waals surface area contributed by atoms with Crippen molar-refractivity contribution >= 4 is 0 Å². The van der Waals surface area contributed by atoms with Crippen molar-refractivity contribution in [2.75, 3.05) is 6.54 Å². The third kappa shape index (κ3) is 2.81. The molecule has 0 amide bonds. The molecule has 0 spiro atoms. The first-order valence-electron chi connectivity index (χ1n) is 7.03. The lowest BCUT2D eigenvalue weighted by Crippen LogP contribution is -2.23. The van der Waals surface area contributed by atoms with Crippen LogP contribution in [0.1, 0.15) is 41.5 Å². The highest BCUT2D eigenvalue weighted by Crippen LogP contribution is 2.33. The van der Waals surface area contributed by atoms with Crippen LogP contribution in [0.15, 0.2) is 28.8 Å². The summed E-state index contributed by atoms with van der Waals surface area (Å²) >= 11 is 0. The van der Waals surface area contributed by atoms with Crippen molar-refractivity contribution in [2.45, 2.75) is 32.4 Å². The summed E-state index contributed by atoms with van der Waals surface area (Å²) in [5.41, 5.74) is 1.88. The first-order valence-corrected chi connectivity index (χ1v) is 7.03. The van der Waals surface area contributed by atoms with Gasteiger partial charge in [0.2, 0.25) is 0 Å². The van der Waals surface area contributed by atoms with Crippen molar-refractivity contribution in [3.8, 4) is 6.07 Å². The van der Waals surface area contributed by atoms with Crippen LogP contribution in [0.3, 0.4) is 0 Å². The van der Waals surface area contributed by atoms with Gasteiger partial charge in [-0.2, -0.15) is 5.26 Å². The molecule has 2 heterocycles. The maximum Gasteiger partial charge on any atom is 0.133 e. The average Bonchev–Trinajstić information content (AvgIpc) is 3.09. The molecule has 3 rings (SSSR count). The quantitative estimate of drug-likeness (QED) is 0.868. The monoisotopic (exact) mass is 285 g/mol. The fraction of sp³-hybridized carbons (Fsp3) is 0.375. The number of hydrogen-bond acceptors (Lipinski definition) is 4. The van der Waals surface area contributed by atoms with Gasteiger partial charge in [-0.1, -0.05) is 11.2 Å². The molecule has 1 aliphatic heterocycles. The third-order valence-corrected chi connectivity index (χ3v) is 3.91. The first kappa shape index (κ1) is 13.8. The van der Waals surface area contributed by atoms with Gasteiger partial charge in [0, 0.05) is 18.2 Å². The van der Waals surface area contributed by atoms with E-state index in [9.17, 15) is 4.39 Å². The molecule has 5 heteroatoms. The Labute approximate surface area is 122 Å². The van der Waals surface area contributed by atoms with E-state index in [1.165, 1.54) is 6.07 Å². The molecule has 0 saturated carbocycles. The minimum Gasteiger partial charge on any atom is -0.361 e. The van der Waals surface area contributed by atoms with Crippen molar-refractivity contribution in [1.29, 1.82) is 5.26 Å². The van der Waals surface area contributed by atoms with Crippen molar-refractivity contribution in [3.05, 3.63) is 52.7 Å². The van der Waals surface area contributed by atoms with Crippen LogP contribution in [-0.2, 0) is 6.54 Å². The number of nitriles is 1. The predicted molar refractivity (Wildman–Crippen MR) is 74.7 cm³/mol. The van der Waals surface area contributed by atoms with Crippen molar-refractivity contribution in [1.82, 2.24) is 10.1 Å². The standard InChI is InChI=1S/C16H16FN3O/c1-11-7-15(19-21-11)16-3-2-6-20(16)10-13-5-4-12(9-18)8-14(13)17/h4-5,7-8,16H,2-3,6,10H2,1H3/t16-/m0/s1. The lowest BCUT2D eigenvalue weighted by molar-refractivity contribution is 0.234. The Balaban J connectivity index is 1.79. The van der Waals surface area contributed by atoms with Gasteiger partial charge in [-0.25, -0.2) is 4.39 Å². The second-order valence-corrected chi connectivity index (χ2v) is 5.41. The van der Waals surface area contributed by atoms with Crippen LogP contribution >= 0.6 is 0 Å². The molecule has 1 atom stereocenters. The lowest BCUT2D eigenvalue weighted by Gasteiger charge is -2.22. The topological polar surface area (TPSA) is 53.1 Å². The molecular formula is C16H16FN3O. The van der Waals surface area contributed by atoms with Gasteiger partial charge < -0.3 is 4.52 Å². The van der Waals surface area contributed by atoms with Gasteiger partial charge in [0.05, 0.1) is 17.7 Å². The van der Waals surface area contributed by atoms with E-state index in [4.69, 9.17) is 9.78 Å². The smallest absolute Gasteiger partial charge is 0.133 e. The second-order valence-electron chi connectivity index (χ2n) is 5.41. The highest BCUT2D eigenvalue weighted by molar-refractivity contribution is 5.33. The minimum atomic E-state index is -0.323. The van der Waals surface area contributed by atoms with E-state index in [0.717, 1.165) is 30.8 Å². The van der Waals surface area contributed by atoms with E-state index >= 15 is 0 Å². The predicted octanol–water partition coefficient (Wildman–Crippen LogP) is 3.33. The molecule has 4 nitrogen and oxygen atoms in total. The molecular weight excluding hydrogens is 269 g/mol. The van der Waals surface area contributed by atoms with Crippen LogP contribution in [0, 0.1) is 24.1 Å².